The number of aliphatic hydroxyl groups excluding tert-OH is 1. The molecule has 0 aromatic heterocycles. The summed E-state index contributed by atoms with van der Waals surface area (Å²) in [6.07, 6.45) is 6.90. The average Bonchev–Trinajstić information content (AvgIpc) is 3.59. The molecule has 232 valence electrons. The highest BCUT2D eigenvalue weighted by Gasteiger charge is 2.75. The molecule has 8 atom stereocenters. The maximum atomic E-state index is 14.6. The zero-order valence-electron chi connectivity index (χ0n) is 24.8. The van der Waals surface area contributed by atoms with Gasteiger partial charge in [0.05, 0.1) is 30.5 Å². The second kappa shape index (κ2) is 12.9. The highest BCUT2D eigenvalue weighted by molar-refractivity contribution is 9.11. The van der Waals surface area contributed by atoms with Gasteiger partial charge in [-0.15, -0.1) is 0 Å². The van der Waals surface area contributed by atoms with Gasteiger partial charge >= 0.3 is 5.97 Å². The zero-order valence-corrected chi connectivity index (χ0v) is 26.4. The lowest BCUT2D eigenvalue weighted by Crippen LogP contribution is -2.59. The number of allylic oxidation sites excluding steroid dienone is 1. The van der Waals surface area contributed by atoms with E-state index in [9.17, 15) is 24.3 Å². The van der Waals surface area contributed by atoms with Gasteiger partial charge in [-0.25, -0.2) is 0 Å². The van der Waals surface area contributed by atoms with E-state index in [1.807, 2.05) is 56.3 Å². The number of halogens is 1. The van der Waals surface area contributed by atoms with E-state index in [1.165, 1.54) is 4.90 Å². The molecule has 0 aliphatic carbocycles. The second-order valence-electron chi connectivity index (χ2n) is 11.9. The smallest absolute Gasteiger partial charge is 0.306 e. The number of carbonyl (C=O) groups excluding carboxylic acids is 4. The first-order valence-electron chi connectivity index (χ1n) is 15.1. The van der Waals surface area contributed by atoms with Gasteiger partial charge in [-0.3, -0.25) is 19.2 Å². The Labute approximate surface area is 260 Å². The number of hydrogen-bond acceptors (Lipinski definition) is 7. The molecular weight excluding hydrogens is 618 g/mol. The van der Waals surface area contributed by atoms with Crippen LogP contribution in [-0.4, -0.2) is 88.2 Å². The van der Waals surface area contributed by atoms with Gasteiger partial charge in [0.15, 0.2) is 0 Å². The van der Waals surface area contributed by atoms with Crippen LogP contribution >= 0.6 is 15.9 Å². The van der Waals surface area contributed by atoms with E-state index in [-0.39, 0.29) is 38.1 Å². The Kier molecular flexibility index (Phi) is 9.43. The average molecular weight is 659 g/mol. The number of nitrogens with zero attached hydrogens (tertiary/aromatic N) is 2. The SMILES string of the molecule is CCCC(C)N1C/C=C\CCC(=O)OC[C@H](c2ccccc2)NC(=O)[C@H]2[C@@H]3O[C@@]4(C=C3Br)[C@@H]2C(=O)N([C@H](C)CO)[C@@H]4C1=O. The normalized spacial score (nSPS) is 33.5. The maximum absolute atomic E-state index is 14.6. The van der Waals surface area contributed by atoms with Crippen molar-refractivity contribution in [3.63, 3.8) is 0 Å². The summed E-state index contributed by atoms with van der Waals surface area (Å²) in [6.45, 7) is 5.56. The fourth-order valence-corrected chi connectivity index (χ4v) is 7.68. The molecular formula is C32H40BrN3O7. The van der Waals surface area contributed by atoms with Gasteiger partial charge < -0.3 is 29.7 Å². The van der Waals surface area contributed by atoms with Gasteiger partial charge in [-0.1, -0.05) is 71.8 Å². The third-order valence-electron chi connectivity index (χ3n) is 9.07. The fraction of sp³-hybridized carbons (Fsp3) is 0.562. The Morgan fingerprint density at radius 3 is 2.53 bits per heavy atom. The summed E-state index contributed by atoms with van der Waals surface area (Å²) >= 11 is 3.58. The number of cyclic esters (lactones) is 1. The molecule has 3 amide bonds. The van der Waals surface area contributed by atoms with Crippen LogP contribution in [0.4, 0.5) is 0 Å². The highest BCUT2D eigenvalue weighted by atomic mass is 79.9. The second-order valence-corrected chi connectivity index (χ2v) is 12.8. The van der Waals surface area contributed by atoms with Crippen molar-refractivity contribution < 1.29 is 33.8 Å². The van der Waals surface area contributed by atoms with E-state index in [0.717, 1.165) is 18.4 Å². The molecule has 5 bridgehead atoms. The van der Waals surface area contributed by atoms with Crippen LogP contribution in [0.2, 0.25) is 0 Å². The van der Waals surface area contributed by atoms with Gasteiger partial charge in [0, 0.05) is 23.5 Å². The van der Waals surface area contributed by atoms with Crippen LogP contribution in [0, 0.1) is 11.8 Å². The lowest BCUT2D eigenvalue weighted by atomic mass is 9.74. The van der Waals surface area contributed by atoms with Crippen LogP contribution in [0.15, 0.2) is 53.0 Å². The Bertz CT molecular complexity index is 1300. The topological polar surface area (TPSA) is 125 Å². The molecule has 4 heterocycles. The number of benzene rings is 1. The summed E-state index contributed by atoms with van der Waals surface area (Å²) in [4.78, 5) is 58.8. The molecule has 2 saturated heterocycles. The Morgan fingerprint density at radius 1 is 1.09 bits per heavy atom. The van der Waals surface area contributed by atoms with Gasteiger partial charge in [0.25, 0.3) is 0 Å². The molecule has 0 radical (unpaired) electrons. The van der Waals surface area contributed by atoms with Crippen molar-refractivity contribution >= 4 is 39.6 Å². The minimum atomic E-state index is -1.39. The fourth-order valence-electron chi connectivity index (χ4n) is 6.94. The quantitative estimate of drug-likeness (QED) is 0.356. The first-order chi connectivity index (χ1) is 20.6. The largest absolute Gasteiger partial charge is 0.463 e. The predicted molar refractivity (Wildman–Crippen MR) is 162 cm³/mol. The standard InChI is InChI=1S/C32H40BrN3O7/c1-4-11-19(2)35-15-10-6-9-14-24(38)42-18-23(21-12-7-5-8-13-21)34-29(39)25-26-30(40)36(20(3)17-37)28(31(35)41)32(26)16-22(33)27(25)43-32/h5-8,10,12-13,16,19-20,23,25-28,37H,4,9,11,14-15,17-18H2,1-3H3,(H,34,39)/b10-6-/t19?,20-,23-,25-,26+,27-,28-,32+/m1/s1. The van der Waals surface area contributed by atoms with Crippen molar-refractivity contribution in [2.24, 2.45) is 11.8 Å². The van der Waals surface area contributed by atoms with Crippen molar-refractivity contribution in [1.82, 2.24) is 15.1 Å². The molecule has 43 heavy (non-hydrogen) atoms. The van der Waals surface area contributed by atoms with Crippen LogP contribution in [-0.2, 0) is 28.7 Å². The van der Waals surface area contributed by atoms with Crippen molar-refractivity contribution in [3.8, 4) is 0 Å². The summed E-state index contributed by atoms with van der Waals surface area (Å²) in [6, 6.07) is 6.64. The summed E-state index contributed by atoms with van der Waals surface area (Å²) < 4.78 is 12.7. The number of amides is 3. The zero-order chi connectivity index (χ0) is 30.9. The van der Waals surface area contributed by atoms with E-state index in [1.54, 1.807) is 17.9 Å². The van der Waals surface area contributed by atoms with E-state index in [0.29, 0.717) is 10.9 Å². The number of esters is 1. The highest BCUT2D eigenvalue weighted by Crippen LogP contribution is 2.59. The molecule has 4 aliphatic rings. The summed E-state index contributed by atoms with van der Waals surface area (Å²) in [5, 5.41) is 13.2. The van der Waals surface area contributed by atoms with Gasteiger partial charge in [-0.05, 0) is 38.3 Å². The number of fused-ring (bicyclic) bond motifs is 2. The summed E-state index contributed by atoms with van der Waals surface area (Å²) in [5.41, 5.74) is -0.642. The number of ether oxygens (including phenoxy) is 2. The third-order valence-corrected chi connectivity index (χ3v) is 9.75. The summed E-state index contributed by atoms with van der Waals surface area (Å²) in [5.74, 6) is -3.46. The van der Waals surface area contributed by atoms with Gasteiger partial charge in [0.2, 0.25) is 17.7 Å². The molecule has 4 aliphatic heterocycles. The number of nitrogens with one attached hydrogen (secondary N) is 1. The van der Waals surface area contributed by atoms with Crippen LogP contribution in [0.3, 0.4) is 0 Å². The lowest BCUT2D eigenvalue weighted by molar-refractivity contribution is -0.151. The van der Waals surface area contributed by atoms with Crippen molar-refractivity contribution in [3.05, 3.63) is 58.6 Å². The van der Waals surface area contributed by atoms with E-state index in [2.05, 4.69) is 21.2 Å². The van der Waals surface area contributed by atoms with Crippen LogP contribution in [0.5, 0.6) is 0 Å². The predicted octanol–water partition coefficient (Wildman–Crippen LogP) is 3.01. The Balaban J connectivity index is 1.60. The number of hydrogen-bond donors (Lipinski definition) is 2. The number of carbonyl (C=O) groups is 4. The maximum Gasteiger partial charge on any atom is 0.306 e. The molecule has 1 aromatic rings. The molecule has 0 saturated carbocycles. The van der Waals surface area contributed by atoms with E-state index in [4.69, 9.17) is 9.47 Å². The molecule has 10 nitrogen and oxygen atoms in total. The number of aliphatic hydroxyl groups is 1. The van der Waals surface area contributed by atoms with Crippen molar-refractivity contribution in [2.75, 3.05) is 19.8 Å². The minimum Gasteiger partial charge on any atom is -0.463 e. The summed E-state index contributed by atoms with van der Waals surface area (Å²) in [7, 11) is 0. The van der Waals surface area contributed by atoms with E-state index >= 15 is 0 Å². The number of rotatable bonds is 6. The van der Waals surface area contributed by atoms with Crippen LogP contribution in [0.1, 0.15) is 58.1 Å². The monoisotopic (exact) mass is 657 g/mol. The van der Waals surface area contributed by atoms with Crippen molar-refractivity contribution in [2.45, 2.75) is 82.3 Å². The van der Waals surface area contributed by atoms with Crippen molar-refractivity contribution in [1.29, 1.82) is 0 Å². The Morgan fingerprint density at radius 2 is 1.84 bits per heavy atom. The molecule has 1 unspecified atom stereocenters. The molecule has 2 fully saturated rings. The molecule has 1 aromatic carbocycles. The Hall–Kier alpha value is -3.02. The lowest BCUT2D eigenvalue weighted by Gasteiger charge is -2.39. The van der Waals surface area contributed by atoms with Crippen LogP contribution in [0.25, 0.3) is 0 Å². The number of likely N-dealkylation sites (tertiary alicyclic amines) is 1. The van der Waals surface area contributed by atoms with E-state index < -0.39 is 59.5 Å². The minimum absolute atomic E-state index is 0.0750. The molecule has 2 N–H and O–H groups in total. The van der Waals surface area contributed by atoms with Gasteiger partial charge in [-0.2, -0.15) is 0 Å². The molecule has 5 rings (SSSR count). The molecule has 11 heteroatoms. The first kappa shape index (κ1) is 31.4. The van der Waals surface area contributed by atoms with Crippen LogP contribution < -0.4 is 5.32 Å². The third kappa shape index (κ3) is 5.67. The molecule has 1 spiro atoms. The van der Waals surface area contributed by atoms with Gasteiger partial charge in [0.1, 0.15) is 24.4 Å². The first-order valence-corrected chi connectivity index (χ1v) is 15.9.